The van der Waals surface area contributed by atoms with E-state index in [1.807, 2.05) is 24.6 Å². The van der Waals surface area contributed by atoms with Crippen LogP contribution in [0.4, 0.5) is 17.6 Å². The lowest BCUT2D eigenvalue weighted by Gasteiger charge is -2.36. The van der Waals surface area contributed by atoms with Crippen molar-refractivity contribution in [3.8, 4) is 11.3 Å². The highest BCUT2D eigenvalue weighted by Crippen LogP contribution is 2.39. The van der Waals surface area contributed by atoms with Gasteiger partial charge in [0.05, 0.1) is 18.4 Å². The number of aromatic nitrogens is 4. The maximum absolute atomic E-state index is 13.0. The summed E-state index contributed by atoms with van der Waals surface area (Å²) in [6.45, 7) is 5.58. The molecule has 2 aliphatic rings. The molecule has 1 saturated heterocycles. The van der Waals surface area contributed by atoms with Gasteiger partial charge in [-0.2, -0.15) is 18.3 Å². The summed E-state index contributed by atoms with van der Waals surface area (Å²) in [5.74, 6) is -0.869. The Balaban J connectivity index is 1.53. The normalized spacial score (nSPS) is 25.5. The van der Waals surface area contributed by atoms with Gasteiger partial charge in [0.25, 0.3) is 0 Å². The van der Waals surface area contributed by atoms with Crippen LogP contribution in [0.15, 0.2) is 18.5 Å². The van der Waals surface area contributed by atoms with Crippen molar-refractivity contribution in [3.63, 3.8) is 0 Å². The quantitative estimate of drug-likeness (QED) is 0.650. The Morgan fingerprint density at radius 3 is 2.58 bits per heavy atom. The van der Waals surface area contributed by atoms with Crippen LogP contribution < -0.4 is 0 Å². The van der Waals surface area contributed by atoms with Crippen LogP contribution in [-0.2, 0) is 10.9 Å². The van der Waals surface area contributed by atoms with Gasteiger partial charge in [0.1, 0.15) is 6.67 Å². The lowest BCUT2D eigenvalue weighted by Crippen LogP contribution is -2.47. The highest BCUT2D eigenvalue weighted by Gasteiger charge is 2.36. The first kappa shape index (κ1) is 22.1. The van der Waals surface area contributed by atoms with Crippen molar-refractivity contribution in [2.75, 3.05) is 26.4 Å². The van der Waals surface area contributed by atoms with E-state index in [-0.39, 0.29) is 18.1 Å². The molecule has 3 atom stereocenters. The minimum atomic E-state index is -4.57. The van der Waals surface area contributed by atoms with Gasteiger partial charge in [-0.1, -0.05) is 0 Å². The van der Waals surface area contributed by atoms with Gasteiger partial charge in [0, 0.05) is 54.7 Å². The largest absolute Gasteiger partial charge is 0.451 e. The second kappa shape index (κ2) is 8.82. The fourth-order valence-electron chi connectivity index (χ4n) is 4.60. The molecular formula is C21H27F4N5O. The number of ether oxygens (including phenoxy) is 1. The second-order valence-corrected chi connectivity index (χ2v) is 8.59. The Labute approximate surface area is 178 Å². The highest BCUT2D eigenvalue weighted by atomic mass is 19.4. The lowest BCUT2D eigenvalue weighted by molar-refractivity contribution is -0.144. The first-order valence-corrected chi connectivity index (χ1v) is 10.7. The monoisotopic (exact) mass is 441 g/mol. The van der Waals surface area contributed by atoms with Crippen LogP contribution in [0.3, 0.4) is 0 Å². The smallest absolute Gasteiger partial charge is 0.373 e. The molecule has 2 aromatic rings. The molecule has 2 fully saturated rings. The summed E-state index contributed by atoms with van der Waals surface area (Å²) in [4.78, 5) is 9.25. The Morgan fingerprint density at radius 1 is 1.19 bits per heavy atom. The molecule has 3 heterocycles. The van der Waals surface area contributed by atoms with Crippen molar-refractivity contribution in [2.45, 2.75) is 63.4 Å². The fourth-order valence-corrected chi connectivity index (χ4v) is 4.60. The topological polar surface area (TPSA) is 56.1 Å². The molecule has 1 aliphatic heterocycles. The molecule has 0 spiro atoms. The standard InChI is InChI=1S/C21H27F4N5O/c1-13(2)30-19(8-18(28-30)15-10-26-20(27-11-15)21(23,24)25)14-3-4-16(7-14)29-5-6-31-17(9-22)12-29/h8,10-11,13-14,16-17H,3-7,9,12H2,1-2H3/t14-,16-,17-/m0/s1. The molecule has 0 unspecified atom stereocenters. The first-order chi connectivity index (χ1) is 14.8. The third-order valence-electron chi connectivity index (χ3n) is 6.14. The van der Waals surface area contributed by atoms with Gasteiger partial charge in [-0.05, 0) is 39.2 Å². The molecule has 6 nitrogen and oxygen atoms in total. The van der Waals surface area contributed by atoms with E-state index >= 15 is 0 Å². The first-order valence-electron chi connectivity index (χ1n) is 10.7. The molecule has 0 bridgehead atoms. The zero-order valence-corrected chi connectivity index (χ0v) is 17.6. The summed E-state index contributed by atoms with van der Waals surface area (Å²) in [5, 5.41) is 4.65. The molecule has 10 heteroatoms. The summed E-state index contributed by atoms with van der Waals surface area (Å²) in [5.41, 5.74) is 2.11. The van der Waals surface area contributed by atoms with Crippen molar-refractivity contribution >= 4 is 0 Å². The van der Waals surface area contributed by atoms with Gasteiger partial charge in [-0.3, -0.25) is 9.58 Å². The predicted octanol–water partition coefficient (Wildman–Crippen LogP) is 4.25. The third-order valence-corrected chi connectivity index (χ3v) is 6.14. The molecule has 4 rings (SSSR count). The van der Waals surface area contributed by atoms with Crippen molar-refractivity contribution < 1.29 is 22.3 Å². The molecule has 0 aromatic carbocycles. The highest BCUT2D eigenvalue weighted by molar-refractivity contribution is 5.57. The van der Waals surface area contributed by atoms with E-state index < -0.39 is 18.7 Å². The van der Waals surface area contributed by atoms with E-state index in [1.165, 1.54) is 12.4 Å². The van der Waals surface area contributed by atoms with Crippen LogP contribution in [0.5, 0.6) is 0 Å². The van der Waals surface area contributed by atoms with Crippen molar-refractivity contribution in [1.29, 1.82) is 0 Å². The van der Waals surface area contributed by atoms with Crippen molar-refractivity contribution in [2.24, 2.45) is 0 Å². The zero-order chi connectivity index (χ0) is 22.2. The van der Waals surface area contributed by atoms with Crippen LogP contribution in [0.25, 0.3) is 11.3 Å². The molecule has 31 heavy (non-hydrogen) atoms. The molecule has 2 aromatic heterocycles. The van der Waals surface area contributed by atoms with Crippen molar-refractivity contribution in [3.05, 3.63) is 30.0 Å². The number of nitrogens with zero attached hydrogens (tertiary/aromatic N) is 5. The third kappa shape index (κ3) is 4.74. The summed E-state index contributed by atoms with van der Waals surface area (Å²) in [7, 11) is 0. The lowest BCUT2D eigenvalue weighted by atomic mass is 10.0. The minimum Gasteiger partial charge on any atom is -0.373 e. The molecule has 1 aliphatic carbocycles. The maximum Gasteiger partial charge on any atom is 0.451 e. The Hall–Kier alpha value is -2.07. The van der Waals surface area contributed by atoms with E-state index in [1.54, 1.807) is 0 Å². The zero-order valence-electron chi connectivity index (χ0n) is 17.6. The number of hydrogen-bond acceptors (Lipinski definition) is 5. The number of morpholine rings is 1. The van der Waals surface area contributed by atoms with Crippen LogP contribution in [-0.4, -0.2) is 63.2 Å². The van der Waals surface area contributed by atoms with Gasteiger partial charge in [0.2, 0.25) is 5.82 Å². The van der Waals surface area contributed by atoms with Gasteiger partial charge in [-0.15, -0.1) is 0 Å². The number of hydrogen-bond donors (Lipinski definition) is 0. The Kier molecular flexibility index (Phi) is 6.30. The summed E-state index contributed by atoms with van der Waals surface area (Å²) in [6.07, 6.45) is 0.389. The van der Waals surface area contributed by atoms with Gasteiger partial charge < -0.3 is 4.74 Å². The van der Waals surface area contributed by atoms with Gasteiger partial charge in [0.15, 0.2) is 0 Å². The summed E-state index contributed by atoms with van der Waals surface area (Å²) in [6, 6.07) is 2.43. The number of rotatable bonds is 5. The molecule has 1 saturated carbocycles. The van der Waals surface area contributed by atoms with E-state index in [9.17, 15) is 17.6 Å². The Morgan fingerprint density at radius 2 is 1.94 bits per heavy atom. The molecular weight excluding hydrogens is 414 g/mol. The number of halogens is 4. The average molecular weight is 441 g/mol. The van der Waals surface area contributed by atoms with Crippen LogP contribution in [0.2, 0.25) is 0 Å². The van der Waals surface area contributed by atoms with Gasteiger partial charge >= 0.3 is 6.18 Å². The van der Waals surface area contributed by atoms with E-state index in [0.29, 0.717) is 30.5 Å². The molecule has 0 N–H and O–H groups in total. The van der Waals surface area contributed by atoms with E-state index in [0.717, 1.165) is 31.5 Å². The van der Waals surface area contributed by atoms with Crippen LogP contribution in [0.1, 0.15) is 56.6 Å². The molecule has 0 amide bonds. The average Bonchev–Trinajstić information content (AvgIpc) is 3.41. The predicted molar refractivity (Wildman–Crippen MR) is 106 cm³/mol. The SMILES string of the molecule is CC(C)n1nc(-c2cnc(C(F)(F)F)nc2)cc1[C@H]1CC[C@H](N2CCO[C@@H](CF)C2)C1. The van der Waals surface area contributed by atoms with Crippen LogP contribution >= 0.6 is 0 Å². The number of alkyl halides is 4. The maximum atomic E-state index is 13.0. The summed E-state index contributed by atoms with van der Waals surface area (Å²) < 4.78 is 58.7. The molecule has 170 valence electrons. The van der Waals surface area contributed by atoms with Crippen LogP contribution in [0, 0.1) is 0 Å². The molecule has 0 radical (unpaired) electrons. The minimum absolute atomic E-state index is 0.109. The fraction of sp³-hybridized carbons (Fsp3) is 0.667. The Bertz CT molecular complexity index is 883. The van der Waals surface area contributed by atoms with Gasteiger partial charge in [-0.25, -0.2) is 14.4 Å². The van der Waals surface area contributed by atoms with E-state index in [4.69, 9.17) is 4.74 Å². The van der Waals surface area contributed by atoms with E-state index in [2.05, 4.69) is 20.0 Å². The van der Waals surface area contributed by atoms with Crippen molar-refractivity contribution in [1.82, 2.24) is 24.6 Å². The summed E-state index contributed by atoms with van der Waals surface area (Å²) >= 11 is 0. The second-order valence-electron chi connectivity index (χ2n) is 8.59.